The van der Waals surface area contributed by atoms with E-state index in [9.17, 15) is 14.4 Å². The van der Waals surface area contributed by atoms with Crippen LogP contribution in [0.2, 0.25) is 0 Å². The van der Waals surface area contributed by atoms with Gasteiger partial charge in [0.2, 0.25) is 11.8 Å². The third-order valence-electron chi connectivity index (χ3n) is 5.16. The monoisotopic (exact) mass is 344 g/mol. The van der Waals surface area contributed by atoms with Crippen molar-refractivity contribution in [1.82, 2.24) is 5.32 Å². The molecule has 2 atom stereocenters. The van der Waals surface area contributed by atoms with Gasteiger partial charge in [-0.05, 0) is 43.4 Å². The molecule has 6 nitrogen and oxygen atoms in total. The Bertz CT molecular complexity index is 673. The number of amides is 2. The summed E-state index contributed by atoms with van der Waals surface area (Å²) in [5, 5.41) is 12.1. The van der Waals surface area contributed by atoms with E-state index in [4.69, 9.17) is 5.11 Å². The molecule has 2 amide bonds. The quantitative estimate of drug-likeness (QED) is 0.858. The molecule has 0 radical (unpaired) electrons. The van der Waals surface area contributed by atoms with Crippen LogP contribution in [0.15, 0.2) is 24.3 Å². The highest BCUT2D eigenvalue weighted by Crippen LogP contribution is 2.29. The number of hydrogen-bond acceptors (Lipinski definition) is 3. The van der Waals surface area contributed by atoms with Gasteiger partial charge in [-0.25, -0.2) is 0 Å². The Morgan fingerprint density at radius 2 is 2.00 bits per heavy atom. The number of carbonyl (C=O) groups is 3. The van der Waals surface area contributed by atoms with Crippen LogP contribution in [0.1, 0.15) is 44.1 Å². The summed E-state index contributed by atoms with van der Waals surface area (Å²) >= 11 is 0. The molecule has 3 rings (SSSR count). The molecule has 2 unspecified atom stereocenters. The van der Waals surface area contributed by atoms with E-state index < -0.39 is 11.9 Å². The van der Waals surface area contributed by atoms with Crippen molar-refractivity contribution < 1.29 is 19.5 Å². The Morgan fingerprint density at radius 3 is 2.72 bits per heavy atom. The normalized spacial score (nSPS) is 23.5. The molecule has 6 heteroatoms. The molecule has 1 heterocycles. The zero-order chi connectivity index (χ0) is 17.8. The van der Waals surface area contributed by atoms with E-state index in [2.05, 4.69) is 5.32 Å². The fourth-order valence-corrected chi connectivity index (χ4v) is 3.74. The highest BCUT2D eigenvalue weighted by Gasteiger charge is 2.30. The van der Waals surface area contributed by atoms with Gasteiger partial charge in [0.05, 0.1) is 5.92 Å². The molecule has 1 aliphatic heterocycles. The minimum Gasteiger partial charge on any atom is -0.481 e. The van der Waals surface area contributed by atoms with Gasteiger partial charge in [-0.2, -0.15) is 0 Å². The third kappa shape index (κ3) is 4.18. The van der Waals surface area contributed by atoms with Crippen molar-refractivity contribution in [3.63, 3.8) is 0 Å². The van der Waals surface area contributed by atoms with Gasteiger partial charge in [-0.3, -0.25) is 14.4 Å². The lowest BCUT2D eigenvalue weighted by molar-refractivity contribution is -0.144. The summed E-state index contributed by atoms with van der Waals surface area (Å²) in [6.07, 6.45) is 4.08. The first-order valence-electron chi connectivity index (χ1n) is 8.94. The summed E-state index contributed by atoms with van der Waals surface area (Å²) in [7, 11) is 0. The molecule has 2 fully saturated rings. The van der Waals surface area contributed by atoms with Gasteiger partial charge in [0.15, 0.2) is 0 Å². The Balaban J connectivity index is 1.57. The first-order chi connectivity index (χ1) is 12.0. The van der Waals surface area contributed by atoms with Gasteiger partial charge in [0.1, 0.15) is 0 Å². The number of carboxylic acid groups (broad SMARTS) is 1. The lowest BCUT2D eigenvalue weighted by Crippen LogP contribution is -2.35. The first kappa shape index (κ1) is 17.5. The van der Waals surface area contributed by atoms with Crippen LogP contribution in [-0.4, -0.2) is 29.4 Å². The Kier molecular flexibility index (Phi) is 5.36. The van der Waals surface area contributed by atoms with Crippen LogP contribution >= 0.6 is 0 Å². The maximum Gasteiger partial charge on any atom is 0.306 e. The van der Waals surface area contributed by atoms with Crippen molar-refractivity contribution in [1.29, 1.82) is 0 Å². The third-order valence-corrected chi connectivity index (χ3v) is 5.16. The van der Waals surface area contributed by atoms with Crippen molar-refractivity contribution >= 4 is 23.5 Å². The summed E-state index contributed by atoms with van der Waals surface area (Å²) in [4.78, 5) is 37.1. The van der Waals surface area contributed by atoms with Crippen LogP contribution in [0.5, 0.6) is 0 Å². The van der Waals surface area contributed by atoms with Crippen LogP contribution in [0.4, 0.5) is 5.69 Å². The minimum absolute atomic E-state index is 0.0754. The molecule has 1 aliphatic carbocycles. The van der Waals surface area contributed by atoms with Crippen molar-refractivity contribution in [2.24, 2.45) is 11.8 Å². The van der Waals surface area contributed by atoms with Crippen molar-refractivity contribution in [3.05, 3.63) is 29.8 Å². The molecule has 25 heavy (non-hydrogen) atoms. The second-order valence-corrected chi connectivity index (χ2v) is 6.94. The van der Waals surface area contributed by atoms with Gasteiger partial charge in [0.25, 0.3) is 0 Å². The summed E-state index contributed by atoms with van der Waals surface area (Å²) in [5.74, 6) is -1.37. The number of anilines is 1. The molecule has 1 aromatic rings. The second kappa shape index (κ2) is 7.68. The highest BCUT2D eigenvalue weighted by atomic mass is 16.4. The van der Waals surface area contributed by atoms with Crippen molar-refractivity contribution in [2.45, 2.75) is 45.1 Å². The maximum atomic E-state index is 12.4. The van der Waals surface area contributed by atoms with E-state index in [1.807, 2.05) is 24.3 Å². The Hall–Kier alpha value is -2.37. The van der Waals surface area contributed by atoms with Gasteiger partial charge in [-0.1, -0.05) is 18.6 Å². The largest absolute Gasteiger partial charge is 0.481 e. The summed E-state index contributed by atoms with van der Waals surface area (Å²) in [5.41, 5.74) is 1.81. The molecule has 1 saturated carbocycles. The number of rotatable bonds is 5. The van der Waals surface area contributed by atoms with Crippen LogP contribution < -0.4 is 10.2 Å². The fraction of sp³-hybridized carbons (Fsp3) is 0.526. The standard InChI is InChI=1S/C19H24N2O4/c22-17-8-3-9-21(17)16-7-1-4-13(10-16)12-20-18(23)14-5-2-6-15(11-14)19(24)25/h1,4,7,10,14-15H,2-3,5-6,8-9,11-12H2,(H,20,23)(H,24,25). The molecule has 2 aliphatic rings. The molecule has 134 valence electrons. The van der Waals surface area contributed by atoms with Crippen molar-refractivity contribution in [2.75, 3.05) is 11.4 Å². The molecule has 0 spiro atoms. The fourth-order valence-electron chi connectivity index (χ4n) is 3.74. The number of aliphatic carboxylic acids is 1. The molecule has 1 aromatic carbocycles. The lowest BCUT2D eigenvalue weighted by atomic mass is 9.81. The molecular weight excluding hydrogens is 320 g/mol. The van der Waals surface area contributed by atoms with E-state index in [0.717, 1.165) is 37.1 Å². The Morgan fingerprint density at radius 1 is 1.20 bits per heavy atom. The van der Waals surface area contributed by atoms with Gasteiger partial charge in [0, 0.05) is 31.1 Å². The van der Waals surface area contributed by atoms with E-state index in [1.54, 1.807) is 4.90 Å². The number of benzene rings is 1. The van der Waals surface area contributed by atoms with Gasteiger partial charge in [-0.15, -0.1) is 0 Å². The molecule has 0 aromatic heterocycles. The Labute approximate surface area is 147 Å². The summed E-state index contributed by atoms with van der Waals surface area (Å²) in [6, 6.07) is 7.66. The SMILES string of the molecule is O=C(O)C1CCCC(C(=O)NCc2cccc(N3CCCC3=O)c2)C1. The predicted octanol–water partition coefficient (Wildman–Crippen LogP) is 2.32. The minimum atomic E-state index is -0.805. The van der Waals surface area contributed by atoms with Gasteiger partial charge < -0.3 is 15.3 Å². The maximum absolute atomic E-state index is 12.4. The summed E-state index contributed by atoms with van der Waals surface area (Å²) < 4.78 is 0. The summed E-state index contributed by atoms with van der Waals surface area (Å²) in [6.45, 7) is 1.14. The first-order valence-corrected chi connectivity index (χ1v) is 8.94. The average molecular weight is 344 g/mol. The number of nitrogens with zero attached hydrogens (tertiary/aromatic N) is 1. The highest BCUT2D eigenvalue weighted by molar-refractivity contribution is 5.95. The number of carbonyl (C=O) groups excluding carboxylic acids is 2. The average Bonchev–Trinajstić information content (AvgIpc) is 3.06. The molecule has 1 saturated heterocycles. The van der Waals surface area contributed by atoms with E-state index >= 15 is 0 Å². The predicted molar refractivity (Wildman–Crippen MR) is 93.0 cm³/mol. The smallest absolute Gasteiger partial charge is 0.306 e. The van der Waals surface area contributed by atoms with Crippen molar-refractivity contribution in [3.8, 4) is 0 Å². The lowest BCUT2D eigenvalue weighted by Gasteiger charge is -2.25. The van der Waals surface area contributed by atoms with E-state index in [-0.39, 0.29) is 17.7 Å². The van der Waals surface area contributed by atoms with Crippen LogP contribution in [0, 0.1) is 11.8 Å². The second-order valence-electron chi connectivity index (χ2n) is 6.94. The molecular formula is C19H24N2O4. The molecule has 0 bridgehead atoms. The van der Waals surface area contributed by atoms with Gasteiger partial charge >= 0.3 is 5.97 Å². The number of nitrogens with one attached hydrogen (secondary N) is 1. The number of hydrogen-bond donors (Lipinski definition) is 2. The van der Waals surface area contributed by atoms with Crippen LogP contribution in [0.3, 0.4) is 0 Å². The van der Waals surface area contributed by atoms with Crippen LogP contribution in [0.25, 0.3) is 0 Å². The van der Waals surface area contributed by atoms with Crippen LogP contribution in [-0.2, 0) is 20.9 Å². The molecule has 2 N–H and O–H groups in total. The zero-order valence-electron chi connectivity index (χ0n) is 14.2. The van der Waals surface area contributed by atoms with E-state index in [1.165, 1.54) is 0 Å². The van der Waals surface area contributed by atoms with E-state index in [0.29, 0.717) is 25.8 Å². The topological polar surface area (TPSA) is 86.7 Å². The number of carboxylic acids is 1. The zero-order valence-corrected chi connectivity index (χ0v) is 14.2.